The van der Waals surface area contributed by atoms with Crippen molar-refractivity contribution in [2.24, 2.45) is 5.92 Å². The molecule has 2 rings (SSSR count). The summed E-state index contributed by atoms with van der Waals surface area (Å²) in [4.78, 5) is 12.3. The molecule has 136 valence electrons. The van der Waals surface area contributed by atoms with Gasteiger partial charge in [-0.1, -0.05) is 49.4 Å². The molecule has 0 radical (unpaired) electrons. The van der Waals surface area contributed by atoms with E-state index in [-0.39, 0.29) is 42.6 Å². The lowest BCUT2D eigenvalue weighted by Gasteiger charge is -2.22. The van der Waals surface area contributed by atoms with Gasteiger partial charge in [0.15, 0.2) is 11.6 Å². The van der Waals surface area contributed by atoms with Crippen LogP contribution < -0.4 is 15.4 Å². The van der Waals surface area contributed by atoms with Crippen molar-refractivity contribution in [3.63, 3.8) is 0 Å². The molecule has 0 bridgehead atoms. The third-order valence-electron chi connectivity index (χ3n) is 3.72. The standard InChI is InChI=1S/C19H23FN2O2.ClH/c1-14(12-21-2)19(23)22-17(15-8-4-3-5-9-15)13-24-18-11-7-6-10-16(18)20;/h3-11,14,17,21H,12-13H2,1-2H3,(H,22,23);1H. The van der Waals surface area contributed by atoms with Crippen LogP contribution in [0.2, 0.25) is 0 Å². The fourth-order valence-electron chi connectivity index (χ4n) is 2.35. The molecule has 25 heavy (non-hydrogen) atoms. The first-order valence-corrected chi connectivity index (χ1v) is 7.99. The molecule has 2 aromatic carbocycles. The molecule has 0 aliphatic rings. The monoisotopic (exact) mass is 366 g/mol. The van der Waals surface area contributed by atoms with Gasteiger partial charge >= 0.3 is 0 Å². The van der Waals surface area contributed by atoms with Crippen molar-refractivity contribution in [1.82, 2.24) is 10.6 Å². The smallest absolute Gasteiger partial charge is 0.224 e. The largest absolute Gasteiger partial charge is 0.488 e. The summed E-state index contributed by atoms with van der Waals surface area (Å²) in [6, 6.07) is 15.4. The molecule has 2 unspecified atom stereocenters. The number of halogens is 2. The van der Waals surface area contributed by atoms with Gasteiger partial charge in [0.1, 0.15) is 6.61 Å². The molecule has 1 amide bonds. The Morgan fingerprint density at radius 1 is 1.12 bits per heavy atom. The van der Waals surface area contributed by atoms with Crippen LogP contribution in [-0.2, 0) is 4.79 Å². The summed E-state index contributed by atoms with van der Waals surface area (Å²) in [7, 11) is 1.81. The van der Waals surface area contributed by atoms with Gasteiger partial charge in [-0.05, 0) is 24.7 Å². The Morgan fingerprint density at radius 2 is 1.76 bits per heavy atom. The van der Waals surface area contributed by atoms with Crippen molar-refractivity contribution in [3.05, 3.63) is 66.0 Å². The summed E-state index contributed by atoms with van der Waals surface area (Å²) < 4.78 is 19.3. The Kier molecular flexibility index (Phi) is 8.95. The molecule has 0 aliphatic carbocycles. The Labute approximate surface area is 154 Å². The van der Waals surface area contributed by atoms with Crippen LogP contribution >= 0.6 is 12.4 Å². The number of benzene rings is 2. The van der Waals surface area contributed by atoms with E-state index in [1.165, 1.54) is 6.07 Å². The molecule has 6 heteroatoms. The van der Waals surface area contributed by atoms with Crippen molar-refractivity contribution >= 4 is 18.3 Å². The number of carbonyl (C=O) groups is 1. The third kappa shape index (κ3) is 6.36. The quantitative estimate of drug-likeness (QED) is 0.753. The van der Waals surface area contributed by atoms with E-state index in [9.17, 15) is 9.18 Å². The van der Waals surface area contributed by atoms with Crippen LogP contribution in [0, 0.1) is 11.7 Å². The predicted molar refractivity (Wildman–Crippen MR) is 99.6 cm³/mol. The normalized spacial score (nSPS) is 12.6. The molecule has 0 spiro atoms. The second-order valence-electron chi connectivity index (χ2n) is 5.67. The molecule has 2 atom stereocenters. The summed E-state index contributed by atoms with van der Waals surface area (Å²) >= 11 is 0. The molecule has 0 aromatic heterocycles. The summed E-state index contributed by atoms with van der Waals surface area (Å²) in [6.45, 7) is 2.59. The van der Waals surface area contributed by atoms with Crippen molar-refractivity contribution in [1.29, 1.82) is 0 Å². The predicted octanol–water partition coefficient (Wildman–Crippen LogP) is 3.34. The Hall–Kier alpha value is -2.11. The van der Waals surface area contributed by atoms with E-state index in [2.05, 4.69) is 10.6 Å². The fourth-order valence-corrected chi connectivity index (χ4v) is 2.35. The van der Waals surface area contributed by atoms with Crippen molar-refractivity contribution in [2.75, 3.05) is 20.2 Å². The summed E-state index contributed by atoms with van der Waals surface area (Å²) in [5, 5.41) is 5.97. The lowest BCUT2D eigenvalue weighted by Crippen LogP contribution is -2.38. The number of amides is 1. The molecule has 2 N–H and O–H groups in total. The van der Waals surface area contributed by atoms with Gasteiger partial charge in [-0.25, -0.2) is 4.39 Å². The first-order chi connectivity index (χ1) is 11.6. The van der Waals surface area contributed by atoms with Gasteiger partial charge in [-0.3, -0.25) is 4.79 Å². The van der Waals surface area contributed by atoms with Gasteiger partial charge in [0.05, 0.1) is 6.04 Å². The zero-order chi connectivity index (χ0) is 17.4. The van der Waals surface area contributed by atoms with Crippen LogP contribution in [0.3, 0.4) is 0 Å². The van der Waals surface area contributed by atoms with Crippen molar-refractivity contribution in [3.8, 4) is 5.75 Å². The molecular weight excluding hydrogens is 343 g/mol. The average Bonchev–Trinajstić information content (AvgIpc) is 2.60. The first kappa shape index (κ1) is 20.9. The molecule has 0 heterocycles. The maximum Gasteiger partial charge on any atom is 0.224 e. The Balaban J connectivity index is 0.00000312. The average molecular weight is 367 g/mol. The maximum atomic E-state index is 13.7. The minimum Gasteiger partial charge on any atom is -0.488 e. The topological polar surface area (TPSA) is 50.4 Å². The molecule has 0 aliphatic heterocycles. The molecule has 0 fully saturated rings. The third-order valence-corrected chi connectivity index (χ3v) is 3.72. The van der Waals surface area contributed by atoms with Gasteiger partial charge in [0.25, 0.3) is 0 Å². The highest BCUT2D eigenvalue weighted by Gasteiger charge is 2.19. The number of hydrogen-bond acceptors (Lipinski definition) is 3. The van der Waals surface area contributed by atoms with E-state index in [1.54, 1.807) is 25.2 Å². The Bertz CT molecular complexity index is 655. The van der Waals surface area contributed by atoms with Gasteiger partial charge in [0, 0.05) is 12.5 Å². The second-order valence-corrected chi connectivity index (χ2v) is 5.67. The highest BCUT2D eigenvalue weighted by Crippen LogP contribution is 2.19. The number of hydrogen-bond donors (Lipinski definition) is 2. The van der Waals surface area contributed by atoms with E-state index >= 15 is 0 Å². The SMILES string of the molecule is CNCC(C)C(=O)NC(COc1ccccc1F)c1ccccc1.Cl. The molecule has 0 saturated carbocycles. The van der Waals surface area contributed by atoms with Crippen LogP contribution in [0.4, 0.5) is 4.39 Å². The summed E-state index contributed by atoms with van der Waals surface area (Å²) in [6.07, 6.45) is 0. The highest BCUT2D eigenvalue weighted by molar-refractivity contribution is 5.85. The van der Waals surface area contributed by atoms with Crippen molar-refractivity contribution < 1.29 is 13.9 Å². The second kappa shape index (κ2) is 10.7. The highest BCUT2D eigenvalue weighted by atomic mass is 35.5. The van der Waals surface area contributed by atoms with Crippen LogP contribution in [-0.4, -0.2) is 26.1 Å². The zero-order valence-corrected chi connectivity index (χ0v) is 15.2. The van der Waals surface area contributed by atoms with Crippen LogP contribution in [0.25, 0.3) is 0 Å². The van der Waals surface area contributed by atoms with E-state index in [1.807, 2.05) is 37.3 Å². The van der Waals surface area contributed by atoms with Gasteiger partial charge in [-0.15, -0.1) is 12.4 Å². The lowest BCUT2D eigenvalue weighted by atomic mass is 10.1. The molecular formula is C19H24ClFN2O2. The first-order valence-electron chi connectivity index (χ1n) is 7.99. The van der Waals surface area contributed by atoms with E-state index in [0.29, 0.717) is 6.54 Å². The maximum absolute atomic E-state index is 13.7. The van der Waals surface area contributed by atoms with E-state index in [0.717, 1.165) is 5.56 Å². The number of ether oxygens (including phenoxy) is 1. The van der Waals surface area contributed by atoms with Gasteiger partial charge in [-0.2, -0.15) is 0 Å². The van der Waals surface area contributed by atoms with Crippen LogP contribution in [0.15, 0.2) is 54.6 Å². The number of carbonyl (C=O) groups excluding carboxylic acids is 1. The van der Waals surface area contributed by atoms with Gasteiger partial charge in [0.2, 0.25) is 5.91 Å². The molecule has 0 saturated heterocycles. The van der Waals surface area contributed by atoms with Crippen LogP contribution in [0.1, 0.15) is 18.5 Å². The minimum atomic E-state index is -0.417. The summed E-state index contributed by atoms with van der Waals surface area (Å²) in [5.41, 5.74) is 0.916. The molecule has 4 nitrogen and oxygen atoms in total. The summed E-state index contributed by atoms with van der Waals surface area (Å²) in [5.74, 6) is -0.486. The van der Waals surface area contributed by atoms with E-state index in [4.69, 9.17) is 4.74 Å². The van der Waals surface area contributed by atoms with Crippen molar-refractivity contribution in [2.45, 2.75) is 13.0 Å². The van der Waals surface area contributed by atoms with Gasteiger partial charge < -0.3 is 15.4 Å². The Morgan fingerprint density at radius 3 is 2.40 bits per heavy atom. The minimum absolute atomic E-state index is 0. The lowest BCUT2D eigenvalue weighted by molar-refractivity contribution is -0.125. The molecule has 2 aromatic rings. The number of nitrogens with one attached hydrogen (secondary N) is 2. The van der Waals surface area contributed by atoms with E-state index < -0.39 is 5.82 Å². The number of para-hydroxylation sites is 1. The fraction of sp³-hybridized carbons (Fsp3) is 0.316. The number of rotatable bonds is 8. The zero-order valence-electron chi connectivity index (χ0n) is 14.4. The van der Waals surface area contributed by atoms with Crippen LogP contribution in [0.5, 0.6) is 5.75 Å².